The van der Waals surface area contributed by atoms with Gasteiger partial charge in [0.15, 0.2) is 0 Å². The SMILES string of the molecule is CNc1cncc(Oc2ccccc2Br)c1. The maximum absolute atomic E-state index is 5.70. The summed E-state index contributed by atoms with van der Waals surface area (Å²) in [6.07, 6.45) is 3.42. The lowest BCUT2D eigenvalue weighted by Crippen LogP contribution is -1.91. The van der Waals surface area contributed by atoms with Crippen molar-refractivity contribution in [2.75, 3.05) is 12.4 Å². The topological polar surface area (TPSA) is 34.2 Å². The summed E-state index contributed by atoms with van der Waals surface area (Å²) in [4.78, 5) is 4.08. The van der Waals surface area contributed by atoms with Crippen molar-refractivity contribution in [1.82, 2.24) is 4.98 Å². The molecule has 1 aromatic heterocycles. The predicted octanol–water partition coefficient (Wildman–Crippen LogP) is 3.68. The van der Waals surface area contributed by atoms with Crippen LogP contribution >= 0.6 is 15.9 Å². The highest BCUT2D eigenvalue weighted by molar-refractivity contribution is 9.10. The van der Waals surface area contributed by atoms with E-state index in [4.69, 9.17) is 4.74 Å². The lowest BCUT2D eigenvalue weighted by molar-refractivity contribution is 0.477. The van der Waals surface area contributed by atoms with Gasteiger partial charge in [0.25, 0.3) is 0 Å². The highest BCUT2D eigenvalue weighted by atomic mass is 79.9. The van der Waals surface area contributed by atoms with E-state index in [1.165, 1.54) is 0 Å². The van der Waals surface area contributed by atoms with Gasteiger partial charge in [0.05, 0.1) is 22.6 Å². The molecule has 1 N–H and O–H groups in total. The summed E-state index contributed by atoms with van der Waals surface area (Å²) in [5.74, 6) is 1.48. The van der Waals surface area contributed by atoms with E-state index in [1.807, 2.05) is 37.4 Å². The molecule has 0 aliphatic heterocycles. The van der Waals surface area contributed by atoms with Gasteiger partial charge in [-0.05, 0) is 28.1 Å². The molecule has 0 radical (unpaired) electrons. The van der Waals surface area contributed by atoms with E-state index in [0.717, 1.165) is 15.9 Å². The fourth-order valence-corrected chi connectivity index (χ4v) is 1.63. The minimum atomic E-state index is 0.707. The van der Waals surface area contributed by atoms with E-state index in [-0.39, 0.29) is 0 Å². The summed E-state index contributed by atoms with van der Waals surface area (Å²) in [6, 6.07) is 9.60. The van der Waals surface area contributed by atoms with E-state index in [9.17, 15) is 0 Å². The average Bonchev–Trinajstić information content (AvgIpc) is 2.32. The van der Waals surface area contributed by atoms with Crippen LogP contribution in [-0.2, 0) is 0 Å². The lowest BCUT2D eigenvalue weighted by atomic mass is 10.3. The number of halogens is 1. The highest BCUT2D eigenvalue weighted by Crippen LogP contribution is 2.29. The third kappa shape index (κ3) is 2.52. The molecule has 3 nitrogen and oxygen atoms in total. The number of pyridine rings is 1. The Bertz CT molecular complexity index is 488. The number of para-hydroxylation sites is 1. The zero-order chi connectivity index (χ0) is 11.4. The smallest absolute Gasteiger partial charge is 0.147 e. The standard InChI is InChI=1S/C12H11BrN2O/c1-14-9-6-10(8-15-7-9)16-12-5-3-2-4-11(12)13/h2-8,14H,1H3. The Morgan fingerprint density at radius 1 is 1.25 bits per heavy atom. The molecule has 0 amide bonds. The molecular weight excluding hydrogens is 268 g/mol. The van der Waals surface area contributed by atoms with E-state index < -0.39 is 0 Å². The first kappa shape index (κ1) is 11.0. The Kier molecular flexibility index (Phi) is 3.41. The number of rotatable bonds is 3. The van der Waals surface area contributed by atoms with Crippen molar-refractivity contribution >= 4 is 21.6 Å². The first-order valence-corrected chi connectivity index (χ1v) is 5.64. The van der Waals surface area contributed by atoms with Gasteiger partial charge in [0.2, 0.25) is 0 Å². The summed E-state index contributed by atoms with van der Waals surface area (Å²) >= 11 is 3.43. The van der Waals surface area contributed by atoms with Gasteiger partial charge in [-0.1, -0.05) is 12.1 Å². The van der Waals surface area contributed by atoms with Crippen LogP contribution in [0.3, 0.4) is 0 Å². The van der Waals surface area contributed by atoms with Crippen LogP contribution in [0.25, 0.3) is 0 Å². The van der Waals surface area contributed by atoms with Crippen molar-refractivity contribution in [2.45, 2.75) is 0 Å². The molecule has 2 aromatic rings. The average molecular weight is 279 g/mol. The predicted molar refractivity (Wildman–Crippen MR) is 68.0 cm³/mol. The molecule has 0 saturated carbocycles. The van der Waals surface area contributed by atoms with E-state index in [1.54, 1.807) is 12.4 Å². The molecule has 82 valence electrons. The van der Waals surface area contributed by atoms with Gasteiger partial charge < -0.3 is 10.1 Å². The number of nitrogens with one attached hydrogen (secondary N) is 1. The van der Waals surface area contributed by atoms with E-state index in [2.05, 4.69) is 26.2 Å². The molecule has 0 unspecified atom stereocenters. The van der Waals surface area contributed by atoms with Crippen molar-refractivity contribution in [1.29, 1.82) is 0 Å². The van der Waals surface area contributed by atoms with Gasteiger partial charge in [-0.3, -0.25) is 4.98 Å². The Hall–Kier alpha value is -1.55. The van der Waals surface area contributed by atoms with Gasteiger partial charge in [-0.15, -0.1) is 0 Å². The molecule has 2 rings (SSSR count). The second kappa shape index (κ2) is 4.99. The third-order valence-corrected chi connectivity index (χ3v) is 2.72. The number of hydrogen-bond donors (Lipinski definition) is 1. The van der Waals surface area contributed by atoms with Crippen LogP contribution in [0.15, 0.2) is 47.2 Å². The molecule has 0 aliphatic rings. The van der Waals surface area contributed by atoms with Gasteiger partial charge in [0, 0.05) is 13.1 Å². The first-order chi connectivity index (χ1) is 7.79. The Balaban J connectivity index is 2.24. The van der Waals surface area contributed by atoms with Crippen LogP contribution in [0, 0.1) is 0 Å². The molecule has 0 fully saturated rings. The molecule has 0 aliphatic carbocycles. The number of nitrogens with zero attached hydrogens (tertiary/aromatic N) is 1. The minimum absolute atomic E-state index is 0.707. The zero-order valence-electron chi connectivity index (χ0n) is 8.77. The fourth-order valence-electron chi connectivity index (χ4n) is 1.27. The third-order valence-electron chi connectivity index (χ3n) is 2.07. The van der Waals surface area contributed by atoms with Gasteiger partial charge in [0.1, 0.15) is 11.5 Å². The monoisotopic (exact) mass is 278 g/mol. The molecule has 1 heterocycles. The summed E-state index contributed by atoms with van der Waals surface area (Å²) in [7, 11) is 1.85. The number of ether oxygens (including phenoxy) is 1. The summed E-state index contributed by atoms with van der Waals surface area (Å²) in [6.45, 7) is 0. The first-order valence-electron chi connectivity index (χ1n) is 4.85. The second-order valence-corrected chi connectivity index (χ2v) is 4.05. The van der Waals surface area contributed by atoms with Crippen LogP contribution < -0.4 is 10.1 Å². The second-order valence-electron chi connectivity index (χ2n) is 3.19. The summed E-state index contributed by atoms with van der Waals surface area (Å²) < 4.78 is 6.62. The van der Waals surface area contributed by atoms with Crippen LogP contribution in [0.4, 0.5) is 5.69 Å². The largest absolute Gasteiger partial charge is 0.454 e. The Morgan fingerprint density at radius 3 is 2.81 bits per heavy atom. The van der Waals surface area contributed by atoms with Crippen molar-refractivity contribution < 1.29 is 4.74 Å². The fraction of sp³-hybridized carbons (Fsp3) is 0.0833. The number of hydrogen-bond acceptors (Lipinski definition) is 3. The van der Waals surface area contributed by atoms with Crippen molar-refractivity contribution in [3.05, 3.63) is 47.2 Å². The van der Waals surface area contributed by atoms with Crippen LogP contribution in [0.2, 0.25) is 0 Å². The quantitative estimate of drug-likeness (QED) is 0.930. The van der Waals surface area contributed by atoms with Gasteiger partial charge >= 0.3 is 0 Å². The number of aromatic nitrogens is 1. The molecule has 1 aromatic carbocycles. The van der Waals surface area contributed by atoms with Crippen LogP contribution in [0.1, 0.15) is 0 Å². The normalized spacial score (nSPS) is 9.88. The molecule has 0 spiro atoms. The van der Waals surface area contributed by atoms with E-state index in [0.29, 0.717) is 5.75 Å². The highest BCUT2D eigenvalue weighted by Gasteiger charge is 2.02. The maximum Gasteiger partial charge on any atom is 0.147 e. The zero-order valence-corrected chi connectivity index (χ0v) is 10.4. The summed E-state index contributed by atoms with van der Waals surface area (Å²) in [5.41, 5.74) is 0.921. The maximum atomic E-state index is 5.70. The number of benzene rings is 1. The van der Waals surface area contributed by atoms with Gasteiger partial charge in [-0.25, -0.2) is 0 Å². The van der Waals surface area contributed by atoms with Crippen LogP contribution in [-0.4, -0.2) is 12.0 Å². The Morgan fingerprint density at radius 2 is 2.06 bits per heavy atom. The van der Waals surface area contributed by atoms with Crippen molar-refractivity contribution in [3.63, 3.8) is 0 Å². The van der Waals surface area contributed by atoms with Crippen molar-refractivity contribution in [2.24, 2.45) is 0 Å². The molecule has 16 heavy (non-hydrogen) atoms. The molecule has 0 bridgehead atoms. The lowest BCUT2D eigenvalue weighted by Gasteiger charge is -2.08. The van der Waals surface area contributed by atoms with Gasteiger partial charge in [-0.2, -0.15) is 0 Å². The molecular formula is C12H11BrN2O. The van der Waals surface area contributed by atoms with Crippen molar-refractivity contribution in [3.8, 4) is 11.5 Å². The van der Waals surface area contributed by atoms with E-state index >= 15 is 0 Å². The molecule has 0 atom stereocenters. The van der Waals surface area contributed by atoms with Crippen LogP contribution in [0.5, 0.6) is 11.5 Å². The number of anilines is 1. The molecule has 0 saturated heterocycles. The minimum Gasteiger partial charge on any atom is -0.454 e. The Labute approximate surface area is 103 Å². The summed E-state index contributed by atoms with van der Waals surface area (Å²) in [5, 5.41) is 3.01. The molecule has 4 heteroatoms.